The van der Waals surface area contributed by atoms with Crippen molar-refractivity contribution in [3.05, 3.63) is 29.8 Å². The molecule has 126 valence electrons. The summed E-state index contributed by atoms with van der Waals surface area (Å²) in [6.45, 7) is 5.74. The lowest BCUT2D eigenvalue weighted by molar-refractivity contribution is -0.134. The number of methoxy groups -OCH3 is 1. The maximum Gasteiger partial charge on any atom is 0.222 e. The number of piperazine rings is 1. The fourth-order valence-electron chi connectivity index (χ4n) is 2.87. The van der Waals surface area contributed by atoms with Crippen LogP contribution in [0.4, 0.5) is 0 Å². The van der Waals surface area contributed by atoms with Crippen molar-refractivity contribution < 1.29 is 14.3 Å². The van der Waals surface area contributed by atoms with Gasteiger partial charge in [0.15, 0.2) is 5.78 Å². The Bertz CT molecular complexity index is 542. The Hall–Kier alpha value is -1.88. The van der Waals surface area contributed by atoms with Crippen molar-refractivity contribution in [2.45, 2.75) is 45.2 Å². The number of Topliss-reactive ketones (excluding diaryl/α,β-unsaturated/α-hetero) is 1. The number of hydrogen-bond donors (Lipinski definition) is 1. The number of carbonyl (C=O) groups excluding carboxylic acids is 2. The number of carbonyl (C=O) groups is 2. The van der Waals surface area contributed by atoms with Gasteiger partial charge in [0.25, 0.3) is 0 Å². The van der Waals surface area contributed by atoms with E-state index in [4.69, 9.17) is 4.74 Å². The number of ether oxygens (including phenoxy) is 1. The molecule has 0 aliphatic carbocycles. The third-order valence-electron chi connectivity index (χ3n) is 4.56. The number of nitrogens with zero attached hydrogens (tertiary/aromatic N) is 1. The number of ketones is 1. The van der Waals surface area contributed by atoms with E-state index in [1.165, 1.54) is 0 Å². The van der Waals surface area contributed by atoms with Gasteiger partial charge in [-0.3, -0.25) is 9.59 Å². The third-order valence-corrected chi connectivity index (χ3v) is 4.56. The van der Waals surface area contributed by atoms with Crippen LogP contribution in [0.1, 0.15) is 43.5 Å². The maximum absolute atomic E-state index is 12.3. The summed E-state index contributed by atoms with van der Waals surface area (Å²) < 4.78 is 5.08. The molecule has 2 atom stereocenters. The first-order valence-corrected chi connectivity index (χ1v) is 8.23. The summed E-state index contributed by atoms with van der Waals surface area (Å²) in [5.41, 5.74) is 0.669. The van der Waals surface area contributed by atoms with E-state index in [0.29, 0.717) is 30.9 Å². The Morgan fingerprint density at radius 1 is 1.22 bits per heavy atom. The Morgan fingerprint density at radius 2 is 1.91 bits per heavy atom. The summed E-state index contributed by atoms with van der Waals surface area (Å²) in [5.74, 6) is 0.953. The predicted molar refractivity (Wildman–Crippen MR) is 89.8 cm³/mol. The van der Waals surface area contributed by atoms with E-state index >= 15 is 0 Å². The fraction of sp³-hybridized carbons (Fsp3) is 0.556. The van der Waals surface area contributed by atoms with E-state index in [1.54, 1.807) is 31.4 Å². The van der Waals surface area contributed by atoms with Crippen LogP contribution < -0.4 is 10.1 Å². The van der Waals surface area contributed by atoms with Crippen LogP contribution in [-0.4, -0.2) is 48.9 Å². The molecule has 0 aromatic heterocycles. The van der Waals surface area contributed by atoms with Gasteiger partial charge in [0, 0.05) is 43.6 Å². The summed E-state index contributed by atoms with van der Waals surface area (Å²) >= 11 is 0. The number of benzene rings is 1. The Kier molecular flexibility index (Phi) is 6.16. The molecule has 2 rings (SSSR count). The molecule has 1 N–H and O–H groups in total. The lowest BCUT2D eigenvalue weighted by Crippen LogP contribution is -2.57. The van der Waals surface area contributed by atoms with Crippen molar-refractivity contribution in [3.8, 4) is 5.75 Å². The zero-order chi connectivity index (χ0) is 16.8. The Morgan fingerprint density at radius 3 is 2.57 bits per heavy atom. The second-order valence-electron chi connectivity index (χ2n) is 6.08. The highest BCUT2D eigenvalue weighted by molar-refractivity contribution is 5.96. The van der Waals surface area contributed by atoms with Gasteiger partial charge in [0.1, 0.15) is 5.75 Å². The smallest absolute Gasteiger partial charge is 0.222 e. The quantitative estimate of drug-likeness (QED) is 0.817. The average molecular weight is 318 g/mol. The van der Waals surface area contributed by atoms with Crippen LogP contribution in [0.5, 0.6) is 5.75 Å². The molecule has 0 spiro atoms. The number of nitrogens with one attached hydrogen (secondary N) is 1. The van der Waals surface area contributed by atoms with Crippen molar-refractivity contribution in [1.82, 2.24) is 10.2 Å². The van der Waals surface area contributed by atoms with Gasteiger partial charge in [-0.05, 0) is 44.5 Å². The van der Waals surface area contributed by atoms with Crippen molar-refractivity contribution in [1.29, 1.82) is 0 Å². The monoisotopic (exact) mass is 318 g/mol. The highest BCUT2D eigenvalue weighted by atomic mass is 16.5. The predicted octanol–water partition coefficient (Wildman–Crippen LogP) is 2.26. The van der Waals surface area contributed by atoms with Gasteiger partial charge >= 0.3 is 0 Å². The molecule has 1 amide bonds. The van der Waals surface area contributed by atoms with Crippen LogP contribution in [0.3, 0.4) is 0 Å². The molecular weight excluding hydrogens is 292 g/mol. The summed E-state index contributed by atoms with van der Waals surface area (Å²) in [6, 6.07) is 7.61. The van der Waals surface area contributed by atoms with Crippen molar-refractivity contribution >= 4 is 11.7 Å². The Balaban J connectivity index is 1.79. The zero-order valence-electron chi connectivity index (χ0n) is 14.2. The largest absolute Gasteiger partial charge is 0.497 e. The van der Waals surface area contributed by atoms with Crippen LogP contribution >= 0.6 is 0 Å². The van der Waals surface area contributed by atoms with Crippen molar-refractivity contribution in [2.24, 2.45) is 0 Å². The van der Waals surface area contributed by atoms with Gasteiger partial charge in [-0.1, -0.05) is 0 Å². The minimum atomic E-state index is 0.0715. The van der Waals surface area contributed by atoms with Gasteiger partial charge in [-0.2, -0.15) is 0 Å². The van der Waals surface area contributed by atoms with Gasteiger partial charge in [-0.25, -0.2) is 0 Å². The lowest BCUT2D eigenvalue weighted by Gasteiger charge is -2.38. The number of hydrogen-bond acceptors (Lipinski definition) is 4. The van der Waals surface area contributed by atoms with E-state index in [9.17, 15) is 9.59 Å². The minimum Gasteiger partial charge on any atom is -0.497 e. The second kappa shape index (κ2) is 8.11. The third kappa shape index (κ3) is 4.55. The van der Waals surface area contributed by atoms with Crippen LogP contribution in [0.25, 0.3) is 0 Å². The van der Waals surface area contributed by atoms with E-state index in [-0.39, 0.29) is 17.7 Å². The molecule has 1 aromatic carbocycles. The average Bonchev–Trinajstić information content (AvgIpc) is 2.57. The maximum atomic E-state index is 12.3. The number of rotatable bonds is 6. The van der Waals surface area contributed by atoms with Crippen molar-refractivity contribution in [2.75, 3.05) is 20.2 Å². The first kappa shape index (κ1) is 17.5. The molecule has 2 unspecified atom stereocenters. The molecule has 5 nitrogen and oxygen atoms in total. The highest BCUT2D eigenvalue weighted by Crippen LogP contribution is 2.15. The van der Waals surface area contributed by atoms with E-state index in [1.807, 2.05) is 4.90 Å². The summed E-state index contributed by atoms with van der Waals surface area (Å²) in [5, 5.41) is 3.36. The van der Waals surface area contributed by atoms with Crippen LogP contribution in [0, 0.1) is 0 Å². The summed E-state index contributed by atoms with van der Waals surface area (Å²) in [6.07, 6.45) is 1.42. The van der Waals surface area contributed by atoms with Gasteiger partial charge in [-0.15, -0.1) is 0 Å². The molecule has 1 saturated heterocycles. The molecule has 1 fully saturated rings. The van der Waals surface area contributed by atoms with E-state index in [0.717, 1.165) is 18.8 Å². The minimum absolute atomic E-state index is 0.0715. The lowest BCUT2D eigenvalue weighted by atomic mass is 10.0. The Labute approximate surface area is 138 Å². The van der Waals surface area contributed by atoms with Gasteiger partial charge in [0.05, 0.1) is 7.11 Å². The van der Waals surface area contributed by atoms with Crippen LogP contribution in [-0.2, 0) is 4.79 Å². The van der Waals surface area contributed by atoms with Crippen LogP contribution in [0.2, 0.25) is 0 Å². The van der Waals surface area contributed by atoms with Crippen molar-refractivity contribution in [3.63, 3.8) is 0 Å². The molecule has 0 radical (unpaired) electrons. The molecule has 5 heteroatoms. The van der Waals surface area contributed by atoms with Gasteiger partial charge in [0.2, 0.25) is 5.91 Å². The SMILES string of the molecule is COc1ccc(C(=O)CCCC(=O)N2CCNC(C)C2C)cc1. The molecular formula is C18H26N2O3. The first-order chi connectivity index (χ1) is 11.0. The normalized spacial score (nSPS) is 21.1. The fourth-order valence-corrected chi connectivity index (χ4v) is 2.87. The molecule has 1 aromatic rings. The molecule has 1 aliphatic heterocycles. The van der Waals surface area contributed by atoms with E-state index < -0.39 is 0 Å². The topological polar surface area (TPSA) is 58.6 Å². The number of amides is 1. The molecule has 0 bridgehead atoms. The standard InChI is InChI=1S/C18H26N2O3/c1-13-14(2)20(12-11-19-13)18(22)6-4-5-17(21)15-7-9-16(23-3)10-8-15/h7-10,13-14,19H,4-6,11-12H2,1-3H3. The zero-order valence-corrected chi connectivity index (χ0v) is 14.2. The molecule has 1 heterocycles. The summed E-state index contributed by atoms with van der Waals surface area (Å²) in [4.78, 5) is 26.4. The highest BCUT2D eigenvalue weighted by Gasteiger charge is 2.27. The van der Waals surface area contributed by atoms with E-state index in [2.05, 4.69) is 19.2 Å². The molecule has 1 aliphatic rings. The first-order valence-electron chi connectivity index (χ1n) is 8.23. The summed E-state index contributed by atoms with van der Waals surface area (Å²) in [7, 11) is 1.60. The second-order valence-corrected chi connectivity index (χ2v) is 6.08. The van der Waals surface area contributed by atoms with Crippen LogP contribution in [0.15, 0.2) is 24.3 Å². The molecule has 0 saturated carbocycles. The molecule has 23 heavy (non-hydrogen) atoms. The van der Waals surface area contributed by atoms with Gasteiger partial charge < -0.3 is 15.0 Å².